The van der Waals surface area contributed by atoms with Gasteiger partial charge >= 0.3 is 0 Å². The van der Waals surface area contributed by atoms with Crippen LogP contribution in [-0.2, 0) is 4.79 Å². The summed E-state index contributed by atoms with van der Waals surface area (Å²) in [4.78, 5) is 11.9. The van der Waals surface area contributed by atoms with Gasteiger partial charge in [-0.15, -0.1) is 0 Å². The van der Waals surface area contributed by atoms with Gasteiger partial charge in [0.2, 0.25) is 0 Å². The molecule has 0 saturated carbocycles. The van der Waals surface area contributed by atoms with Crippen molar-refractivity contribution in [1.29, 1.82) is 0 Å². The van der Waals surface area contributed by atoms with Crippen LogP contribution >= 0.6 is 12.6 Å². The van der Waals surface area contributed by atoms with E-state index in [2.05, 4.69) is 17.9 Å². The molecule has 1 atom stereocenters. The highest BCUT2D eigenvalue weighted by molar-refractivity contribution is 7.81. The standard InChI is InChI=1S/C11H23NOS/c1-7(2)9(13)10(11(5,6)14)12-8(3)4/h7-8,10,12,14H,1-6H3/t10-/m1/s1. The molecule has 0 unspecified atom stereocenters. The molecule has 3 heteroatoms. The van der Waals surface area contributed by atoms with Gasteiger partial charge < -0.3 is 5.32 Å². The predicted molar refractivity (Wildman–Crippen MR) is 65.0 cm³/mol. The van der Waals surface area contributed by atoms with Crippen LogP contribution in [0.3, 0.4) is 0 Å². The lowest BCUT2D eigenvalue weighted by atomic mass is 9.91. The average Bonchev–Trinajstić information content (AvgIpc) is 1.96. The van der Waals surface area contributed by atoms with E-state index < -0.39 is 0 Å². The van der Waals surface area contributed by atoms with Gasteiger partial charge in [0.1, 0.15) is 0 Å². The van der Waals surface area contributed by atoms with Crippen LogP contribution in [0.4, 0.5) is 0 Å². The highest BCUT2D eigenvalue weighted by atomic mass is 32.1. The maximum atomic E-state index is 11.9. The maximum absolute atomic E-state index is 11.9. The lowest BCUT2D eigenvalue weighted by Crippen LogP contribution is -2.52. The van der Waals surface area contributed by atoms with Crippen molar-refractivity contribution in [2.24, 2.45) is 5.92 Å². The molecule has 1 N–H and O–H groups in total. The molecule has 0 amide bonds. The summed E-state index contributed by atoms with van der Waals surface area (Å²) in [6, 6.07) is 0.125. The molecule has 84 valence electrons. The maximum Gasteiger partial charge on any atom is 0.153 e. The van der Waals surface area contributed by atoms with Crippen LogP contribution < -0.4 is 5.32 Å². The highest BCUT2D eigenvalue weighted by Gasteiger charge is 2.33. The van der Waals surface area contributed by atoms with Crippen LogP contribution in [0.25, 0.3) is 0 Å². The molecule has 0 aliphatic carbocycles. The lowest BCUT2D eigenvalue weighted by Gasteiger charge is -2.32. The normalized spacial score (nSPS) is 14.9. The second-order valence-electron chi connectivity index (χ2n) is 4.97. The molecule has 0 aromatic carbocycles. The zero-order chi connectivity index (χ0) is 11.5. The number of carbonyl (C=O) groups is 1. The van der Waals surface area contributed by atoms with Gasteiger partial charge in [-0.05, 0) is 13.8 Å². The molecule has 0 saturated heterocycles. The summed E-state index contributed by atoms with van der Waals surface area (Å²) in [5.74, 6) is 0.288. The Bertz CT molecular complexity index is 194. The van der Waals surface area contributed by atoms with Crippen LogP contribution in [0.15, 0.2) is 0 Å². The summed E-state index contributed by atoms with van der Waals surface area (Å²) in [5.41, 5.74) is 0. The Morgan fingerprint density at radius 2 is 1.64 bits per heavy atom. The number of ketones is 1. The molecule has 0 radical (unpaired) electrons. The summed E-state index contributed by atoms with van der Waals surface area (Å²) in [6.45, 7) is 11.9. The first-order valence-electron chi connectivity index (χ1n) is 5.18. The molecule has 0 heterocycles. The van der Waals surface area contributed by atoms with Crippen molar-refractivity contribution in [2.75, 3.05) is 0 Å². The van der Waals surface area contributed by atoms with E-state index in [1.54, 1.807) is 0 Å². The van der Waals surface area contributed by atoms with E-state index in [4.69, 9.17) is 0 Å². The van der Waals surface area contributed by atoms with Gasteiger partial charge in [0.25, 0.3) is 0 Å². The van der Waals surface area contributed by atoms with Gasteiger partial charge in [0.05, 0.1) is 6.04 Å². The third kappa shape index (κ3) is 4.47. The van der Waals surface area contributed by atoms with E-state index in [1.807, 2.05) is 41.5 Å². The monoisotopic (exact) mass is 217 g/mol. The van der Waals surface area contributed by atoms with Gasteiger partial charge in [-0.2, -0.15) is 12.6 Å². The van der Waals surface area contributed by atoms with Gasteiger partial charge in [0.15, 0.2) is 5.78 Å². The van der Waals surface area contributed by atoms with Crippen LogP contribution in [0.1, 0.15) is 41.5 Å². The predicted octanol–water partition coefficient (Wildman–Crippen LogP) is 2.29. The van der Waals surface area contributed by atoms with Crippen LogP contribution in [0.5, 0.6) is 0 Å². The molecule has 0 rings (SSSR count). The van der Waals surface area contributed by atoms with Crippen LogP contribution in [0.2, 0.25) is 0 Å². The van der Waals surface area contributed by atoms with Crippen molar-refractivity contribution in [2.45, 2.75) is 58.4 Å². The highest BCUT2D eigenvalue weighted by Crippen LogP contribution is 2.21. The molecule has 0 aliphatic heterocycles. The SMILES string of the molecule is CC(C)N[C@H](C(=O)C(C)C)C(C)(C)S. The quantitative estimate of drug-likeness (QED) is 0.692. The lowest BCUT2D eigenvalue weighted by molar-refractivity contribution is -0.124. The third-order valence-electron chi connectivity index (χ3n) is 2.06. The van der Waals surface area contributed by atoms with Crippen molar-refractivity contribution < 1.29 is 4.79 Å². The Labute approximate surface area is 93.3 Å². The Kier molecular flexibility index (Phi) is 5.16. The Morgan fingerprint density at radius 3 is 1.86 bits per heavy atom. The number of carbonyl (C=O) groups excluding carboxylic acids is 1. The average molecular weight is 217 g/mol. The minimum atomic E-state index is -0.314. The fraction of sp³-hybridized carbons (Fsp3) is 0.909. The van der Waals surface area contributed by atoms with E-state index >= 15 is 0 Å². The third-order valence-corrected chi connectivity index (χ3v) is 2.32. The molecule has 0 fully saturated rings. The van der Waals surface area contributed by atoms with E-state index in [1.165, 1.54) is 0 Å². The first kappa shape index (κ1) is 14.0. The zero-order valence-electron chi connectivity index (χ0n) is 10.1. The molecule has 0 bridgehead atoms. The Hall–Kier alpha value is -0.0200. The van der Waals surface area contributed by atoms with Crippen LogP contribution in [0, 0.1) is 5.92 Å². The van der Waals surface area contributed by atoms with Crippen LogP contribution in [-0.4, -0.2) is 22.6 Å². The van der Waals surface area contributed by atoms with Crippen molar-refractivity contribution in [1.82, 2.24) is 5.32 Å². The zero-order valence-corrected chi connectivity index (χ0v) is 11.0. The first-order chi connectivity index (χ1) is 6.16. The van der Waals surface area contributed by atoms with E-state index in [0.29, 0.717) is 6.04 Å². The smallest absolute Gasteiger partial charge is 0.153 e. The molecule has 0 aliphatic rings. The van der Waals surface area contributed by atoms with Gasteiger partial charge in [-0.1, -0.05) is 27.7 Å². The molecule has 14 heavy (non-hydrogen) atoms. The summed E-state index contributed by atoms with van der Waals surface area (Å²) in [6.07, 6.45) is 0. The molecule has 0 aromatic heterocycles. The second-order valence-corrected chi connectivity index (χ2v) is 6.12. The first-order valence-corrected chi connectivity index (χ1v) is 5.63. The number of Topliss-reactive ketones (excluding diaryl/α,β-unsaturated/α-hetero) is 1. The fourth-order valence-electron chi connectivity index (χ4n) is 1.30. The topological polar surface area (TPSA) is 29.1 Å². The molecular formula is C11H23NOS. The van der Waals surface area contributed by atoms with Gasteiger partial charge in [-0.25, -0.2) is 0 Å². The number of hydrogen-bond donors (Lipinski definition) is 2. The minimum Gasteiger partial charge on any atom is -0.304 e. The molecule has 0 aromatic rings. The largest absolute Gasteiger partial charge is 0.304 e. The molecule has 0 spiro atoms. The van der Waals surface area contributed by atoms with Crippen molar-refractivity contribution in [3.8, 4) is 0 Å². The van der Waals surface area contributed by atoms with E-state index in [9.17, 15) is 4.79 Å². The number of rotatable bonds is 5. The summed E-state index contributed by atoms with van der Waals surface area (Å²) in [7, 11) is 0. The summed E-state index contributed by atoms with van der Waals surface area (Å²) in [5, 5.41) is 3.27. The molecular weight excluding hydrogens is 194 g/mol. The Balaban J connectivity index is 4.65. The van der Waals surface area contributed by atoms with E-state index in [0.717, 1.165) is 0 Å². The minimum absolute atomic E-state index is 0.0534. The Morgan fingerprint density at radius 1 is 1.21 bits per heavy atom. The number of thiol groups is 1. The van der Waals surface area contributed by atoms with Gasteiger partial charge in [0, 0.05) is 16.7 Å². The number of nitrogens with one attached hydrogen (secondary N) is 1. The fourth-order valence-corrected chi connectivity index (χ4v) is 1.50. The second kappa shape index (κ2) is 5.17. The van der Waals surface area contributed by atoms with Crippen molar-refractivity contribution in [3.05, 3.63) is 0 Å². The molecule has 2 nitrogen and oxygen atoms in total. The van der Waals surface area contributed by atoms with E-state index in [-0.39, 0.29) is 22.5 Å². The van der Waals surface area contributed by atoms with Gasteiger partial charge in [-0.3, -0.25) is 4.79 Å². The summed E-state index contributed by atoms with van der Waals surface area (Å²) < 4.78 is -0.314. The van der Waals surface area contributed by atoms with Crippen molar-refractivity contribution in [3.63, 3.8) is 0 Å². The van der Waals surface area contributed by atoms with Crippen molar-refractivity contribution >= 4 is 18.4 Å². The number of hydrogen-bond acceptors (Lipinski definition) is 3. The summed E-state index contributed by atoms with van der Waals surface area (Å²) >= 11 is 4.47.